The van der Waals surface area contributed by atoms with Crippen molar-refractivity contribution in [1.29, 1.82) is 0 Å². The van der Waals surface area contributed by atoms with E-state index in [4.69, 9.17) is 14.2 Å². The van der Waals surface area contributed by atoms with E-state index >= 15 is 0 Å². The molecule has 0 aromatic heterocycles. The smallest absolute Gasteiger partial charge is 0.422 e. The number of carbonyl (C=O) groups is 2. The maximum Gasteiger partial charge on any atom is 0.422 e. The van der Waals surface area contributed by atoms with Gasteiger partial charge in [0.15, 0.2) is 0 Å². The van der Waals surface area contributed by atoms with Gasteiger partial charge in [0.1, 0.15) is 13.2 Å². The average molecular weight is 292 g/mol. The van der Waals surface area contributed by atoms with E-state index in [1.807, 2.05) is 30.3 Å². The molecule has 2 rings (SSSR count). The van der Waals surface area contributed by atoms with E-state index in [9.17, 15) is 9.59 Å². The second kappa shape index (κ2) is 7.41. The summed E-state index contributed by atoms with van der Waals surface area (Å²) in [6.07, 6.45) is -0.246. The molecule has 0 spiro atoms. The maximum atomic E-state index is 11.4. The highest BCUT2D eigenvalue weighted by atomic mass is 16.7. The zero-order chi connectivity index (χ0) is 15.1. The van der Waals surface area contributed by atoms with Crippen LogP contribution in [0.2, 0.25) is 0 Å². The van der Waals surface area contributed by atoms with Crippen LogP contribution in [0.25, 0.3) is 0 Å². The number of hydrogen-bond donors (Lipinski definition) is 1. The Hall–Kier alpha value is -2.38. The minimum Gasteiger partial charge on any atom is -0.444 e. The van der Waals surface area contributed by atoms with Gasteiger partial charge in [-0.2, -0.15) is 0 Å². The molecular weight excluding hydrogens is 276 g/mol. The van der Waals surface area contributed by atoms with E-state index in [2.05, 4.69) is 12.0 Å². The summed E-state index contributed by atoms with van der Waals surface area (Å²) >= 11 is 0. The first kappa shape index (κ1) is 15.0. The molecule has 0 bridgehead atoms. The molecule has 21 heavy (non-hydrogen) atoms. The van der Waals surface area contributed by atoms with Crippen LogP contribution < -0.4 is 5.43 Å². The number of nitrogens with zero attached hydrogens (tertiary/aromatic N) is 1. The zero-order valence-corrected chi connectivity index (χ0v) is 11.4. The Morgan fingerprint density at radius 1 is 1.48 bits per heavy atom. The molecule has 1 N–H and O–H groups in total. The molecule has 1 heterocycles. The van der Waals surface area contributed by atoms with Crippen molar-refractivity contribution in [3.63, 3.8) is 0 Å². The molecule has 1 unspecified atom stereocenters. The standard InChI is InChI=1S/C14H16N2O5/c1-2-8-19-13(18)15-16-9-12(17)21-14(16)20-10-11-6-4-3-5-7-11/h2-7,14H,1,8-10H2,(H,15,18). The fourth-order valence-electron chi connectivity index (χ4n) is 1.67. The summed E-state index contributed by atoms with van der Waals surface area (Å²) in [5, 5.41) is 1.23. The molecule has 0 saturated carbocycles. The van der Waals surface area contributed by atoms with E-state index < -0.39 is 18.5 Å². The number of rotatable bonds is 6. The summed E-state index contributed by atoms with van der Waals surface area (Å²) in [5.41, 5.74) is 3.31. The fourth-order valence-corrected chi connectivity index (χ4v) is 1.67. The Kier molecular flexibility index (Phi) is 5.30. The van der Waals surface area contributed by atoms with Crippen molar-refractivity contribution in [2.24, 2.45) is 0 Å². The third-order valence-corrected chi connectivity index (χ3v) is 2.59. The van der Waals surface area contributed by atoms with Crippen molar-refractivity contribution < 1.29 is 23.8 Å². The van der Waals surface area contributed by atoms with Crippen LogP contribution in [-0.4, -0.2) is 36.6 Å². The Morgan fingerprint density at radius 3 is 2.95 bits per heavy atom. The van der Waals surface area contributed by atoms with Crippen LogP contribution in [0.5, 0.6) is 0 Å². The highest BCUT2D eigenvalue weighted by Gasteiger charge is 2.34. The van der Waals surface area contributed by atoms with Crippen LogP contribution in [0, 0.1) is 0 Å². The van der Waals surface area contributed by atoms with Gasteiger partial charge in [0, 0.05) is 0 Å². The third kappa shape index (κ3) is 4.59. The zero-order valence-electron chi connectivity index (χ0n) is 11.4. The molecule has 1 atom stereocenters. The van der Waals surface area contributed by atoms with Gasteiger partial charge in [0.25, 0.3) is 6.41 Å². The predicted molar refractivity (Wildman–Crippen MR) is 72.5 cm³/mol. The maximum absolute atomic E-state index is 11.4. The van der Waals surface area contributed by atoms with Crippen molar-refractivity contribution >= 4 is 12.1 Å². The monoisotopic (exact) mass is 292 g/mol. The largest absolute Gasteiger partial charge is 0.444 e. The lowest BCUT2D eigenvalue weighted by molar-refractivity contribution is -0.197. The van der Waals surface area contributed by atoms with Crippen LogP contribution in [-0.2, 0) is 25.6 Å². The minimum absolute atomic E-state index is 0.0734. The molecule has 1 aromatic carbocycles. The van der Waals surface area contributed by atoms with Gasteiger partial charge in [0.05, 0.1) is 6.61 Å². The number of benzene rings is 1. The van der Waals surface area contributed by atoms with E-state index in [1.54, 1.807) is 0 Å². The topological polar surface area (TPSA) is 77.1 Å². The molecule has 0 radical (unpaired) electrons. The molecule has 0 aliphatic carbocycles. The van der Waals surface area contributed by atoms with Crippen molar-refractivity contribution in [3.8, 4) is 0 Å². The van der Waals surface area contributed by atoms with Crippen molar-refractivity contribution in [3.05, 3.63) is 48.6 Å². The second-order valence-corrected chi connectivity index (χ2v) is 4.22. The van der Waals surface area contributed by atoms with Gasteiger partial charge in [-0.15, -0.1) is 5.01 Å². The Labute approximate surface area is 122 Å². The van der Waals surface area contributed by atoms with Crippen LogP contribution >= 0.6 is 0 Å². The number of esters is 1. The van der Waals surface area contributed by atoms with Gasteiger partial charge in [-0.1, -0.05) is 43.0 Å². The first-order chi connectivity index (χ1) is 10.2. The quantitative estimate of drug-likeness (QED) is 0.626. The number of hydrazine groups is 1. The van der Waals surface area contributed by atoms with Gasteiger partial charge in [-0.25, -0.2) is 10.2 Å². The molecule has 1 saturated heterocycles. The van der Waals surface area contributed by atoms with Gasteiger partial charge >= 0.3 is 12.1 Å². The molecule has 1 aliphatic heterocycles. The summed E-state index contributed by atoms with van der Waals surface area (Å²) in [6.45, 7) is 3.65. The van der Waals surface area contributed by atoms with Crippen LogP contribution in [0.15, 0.2) is 43.0 Å². The Balaban J connectivity index is 1.86. The minimum atomic E-state index is -0.978. The summed E-state index contributed by atoms with van der Waals surface area (Å²) in [6, 6.07) is 9.41. The molecular formula is C14H16N2O5. The lowest BCUT2D eigenvalue weighted by Crippen LogP contribution is -2.46. The van der Waals surface area contributed by atoms with E-state index in [0.29, 0.717) is 0 Å². The van der Waals surface area contributed by atoms with E-state index in [1.165, 1.54) is 11.1 Å². The molecule has 7 heteroatoms. The first-order valence-corrected chi connectivity index (χ1v) is 6.35. The molecule has 1 amide bonds. The number of ether oxygens (including phenoxy) is 3. The van der Waals surface area contributed by atoms with Gasteiger partial charge in [-0.3, -0.25) is 4.79 Å². The van der Waals surface area contributed by atoms with E-state index in [-0.39, 0.29) is 19.8 Å². The predicted octanol–water partition coefficient (Wildman–Crippen LogP) is 1.17. The SMILES string of the molecule is C=CCOC(=O)NN1CC(=O)OC1OCc1ccccc1. The normalized spacial score (nSPS) is 18.1. The lowest BCUT2D eigenvalue weighted by Gasteiger charge is -2.21. The van der Waals surface area contributed by atoms with E-state index in [0.717, 1.165) is 5.56 Å². The van der Waals surface area contributed by atoms with Crippen LogP contribution in [0.1, 0.15) is 5.56 Å². The van der Waals surface area contributed by atoms with Crippen molar-refractivity contribution in [2.75, 3.05) is 13.2 Å². The molecule has 1 aromatic rings. The van der Waals surface area contributed by atoms with Crippen LogP contribution in [0.4, 0.5) is 4.79 Å². The number of nitrogens with one attached hydrogen (secondary N) is 1. The first-order valence-electron chi connectivity index (χ1n) is 6.35. The highest BCUT2D eigenvalue weighted by Crippen LogP contribution is 2.12. The van der Waals surface area contributed by atoms with Crippen molar-refractivity contribution in [2.45, 2.75) is 13.0 Å². The van der Waals surface area contributed by atoms with Crippen molar-refractivity contribution in [1.82, 2.24) is 10.4 Å². The van der Waals surface area contributed by atoms with Gasteiger partial charge < -0.3 is 14.2 Å². The summed E-state index contributed by atoms with van der Waals surface area (Å²) in [7, 11) is 0. The number of amides is 1. The Morgan fingerprint density at radius 2 is 2.24 bits per heavy atom. The van der Waals surface area contributed by atoms with Gasteiger partial charge in [-0.05, 0) is 5.56 Å². The summed E-state index contributed by atoms with van der Waals surface area (Å²) < 4.78 is 15.2. The Bertz CT molecular complexity index is 505. The van der Waals surface area contributed by atoms with Crippen LogP contribution in [0.3, 0.4) is 0 Å². The molecule has 7 nitrogen and oxygen atoms in total. The second-order valence-electron chi connectivity index (χ2n) is 4.22. The fraction of sp³-hybridized carbons (Fsp3) is 0.286. The summed E-state index contributed by atoms with van der Waals surface area (Å²) in [5.74, 6) is -0.489. The molecule has 1 fully saturated rings. The number of carbonyl (C=O) groups excluding carboxylic acids is 2. The third-order valence-electron chi connectivity index (χ3n) is 2.59. The highest BCUT2D eigenvalue weighted by molar-refractivity contribution is 5.74. The summed E-state index contributed by atoms with van der Waals surface area (Å²) in [4.78, 5) is 22.8. The molecule has 112 valence electrons. The van der Waals surface area contributed by atoms with Gasteiger partial charge in [0.2, 0.25) is 0 Å². The number of hydrogen-bond acceptors (Lipinski definition) is 6. The average Bonchev–Trinajstić information content (AvgIpc) is 2.83. The number of cyclic esters (lactones) is 1. The molecule has 1 aliphatic rings. The lowest BCUT2D eigenvalue weighted by atomic mass is 10.2.